The maximum absolute atomic E-state index is 13.4. The van der Waals surface area contributed by atoms with Crippen molar-refractivity contribution in [2.45, 2.75) is 0 Å². The Morgan fingerprint density at radius 3 is 2.13 bits per heavy atom. The Morgan fingerprint density at radius 2 is 1.35 bits per heavy atom. The van der Waals surface area contributed by atoms with Crippen molar-refractivity contribution < 1.29 is 4.39 Å². The molecule has 4 aromatic rings. The third-order valence-electron chi connectivity index (χ3n) is 3.86. The van der Waals surface area contributed by atoms with E-state index in [1.165, 1.54) is 24.0 Å². The molecule has 23 heavy (non-hydrogen) atoms. The van der Waals surface area contributed by atoms with Gasteiger partial charge in [0, 0.05) is 17.0 Å². The van der Waals surface area contributed by atoms with E-state index in [-0.39, 0.29) is 5.82 Å². The molecule has 0 N–H and O–H groups in total. The van der Waals surface area contributed by atoms with Gasteiger partial charge in [0.25, 0.3) is 0 Å². The summed E-state index contributed by atoms with van der Waals surface area (Å²) < 4.78 is 13.4. The predicted octanol–water partition coefficient (Wildman–Crippen LogP) is 5.10. The highest BCUT2D eigenvalue weighted by atomic mass is 19.1. The summed E-state index contributed by atoms with van der Waals surface area (Å²) in [6.07, 6.45) is 1.47. The van der Waals surface area contributed by atoms with Crippen molar-refractivity contribution in [3.05, 3.63) is 84.9 Å². The average Bonchev–Trinajstić information content (AvgIpc) is 2.62. The zero-order chi connectivity index (χ0) is 15.6. The molecule has 0 spiro atoms. The molecular formula is C20H13FN2. The summed E-state index contributed by atoms with van der Waals surface area (Å²) in [5.74, 6) is -0.290. The van der Waals surface area contributed by atoms with Gasteiger partial charge in [-0.3, -0.25) is 0 Å². The molecule has 2 nitrogen and oxygen atoms in total. The molecule has 0 fully saturated rings. The van der Waals surface area contributed by atoms with Gasteiger partial charge >= 0.3 is 0 Å². The number of fused-ring (bicyclic) bond motifs is 1. The first-order chi connectivity index (χ1) is 11.3. The van der Waals surface area contributed by atoms with Crippen LogP contribution in [0.3, 0.4) is 0 Å². The summed E-state index contributed by atoms with van der Waals surface area (Å²) >= 11 is 0. The van der Waals surface area contributed by atoms with E-state index in [0.717, 1.165) is 22.2 Å². The van der Waals surface area contributed by atoms with Crippen molar-refractivity contribution in [3.63, 3.8) is 0 Å². The van der Waals surface area contributed by atoms with Gasteiger partial charge in [-0.1, -0.05) is 54.6 Å². The van der Waals surface area contributed by atoms with Crippen LogP contribution in [-0.4, -0.2) is 9.97 Å². The molecule has 1 aromatic heterocycles. The van der Waals surface area contributed by atoms with Crippen molar-refractivity contribution in [1.29, 1.82) is 0 Å². The molecule has 0 radical (unpaired) electrons. The normalized spacial score (nSPS) is 10.8. The van der Waals surface area contributed by atoms with Gasteiger partial charge in [-0.2, -0.15) is 0 Å². The number of rotatable bonds is 2. The lowest BCUT2D eigenvalue weighted by Crippen LogP contribution is -1.90. The zero-order valence-electron chi connectivity index (χ0n) is 12.3. The Bertz CT molecular complexity index is 964. The van der Waals surface area contributed by atoms with Crippen molar-refractivity contribution in [1.82, 2.24) is 9.97 Å². The van der Waals surface area contributed by atoms with E-state index in [1.807, 2.05) is 30.3 Å². The maximum atomic E-state index is 13.4. The summed E-state index contributed by atoms with van der Waals surface area (Å²) in [7, 11) is 0. The van der Waals surface area contributed by atoms with Crippen molar-refractivity contribution in [2.75, 3.05) is 0 Å². The van der Waals surface area contributed by atoms with Crippen LogP contribution in [0.2, 0.25) is 0 Å². The van der Waals surface area contributed by atoms with Crippen molar-refractivity contribution >= 4 is 10.9 Å². The van der Waals surface area contributed by atoms with E-state index in [0.29, 0.717) is 5.52 Å². The standard InChI is InChI=1S/C20H13FN2/c21-17-10-11-18-19(12-17)22-13-23-20(18)16-8-6-15(7-9-16)14-4-2-1-3-5-14/h1-13H. The second kappa shape index (κ2) is 5.61. The summed E-state index contributed by atoms with van der Waals surface area (Å²) in [5, 5.41) is 0.848. The fourth-order valence-electron chi connectivity index (χ4n) is 2.71. The minimum Gasteiger partial charge on any atom is -0.236 e. The van der Waals surface area contributed by atoms with Gasteiger partial charge in [0.2, 0.25) is 0 Å². The van der Waals surface area contributed by atoms with Crippen molar-refractivity contribution in [2.24, 2.45) is 0 Å². The first-order valence-corrected chi connectivity index (χ1v) is 7.37. The lowest BCUT2D eigenvalue weighted by atomic mass is 10.0. The molecule has 0 saturated heterocycles. The van der Waals surface area contributed by atoms with E-state index >= 15 is 0 Å². The van der Waals surface area contributed by atoms with E-state index in [4.69, 9.17) is 0 Å². The summed E-state index contributed by atoms with van der Waals surface area (Å²) in [4.78, 5) is 8.52. The molecule has 0 atom stereocenters. The second-order valence-electron chi connectivity index (χ2n) is 5.33. The average molecular weight is 300 g/mol. The Labute approximate surface area is 133 Å². The highest BCUT2D eigenvalue weighted by molar-refractivity contribution is 5.92. The smallest absolute Gasteiger partial charge is 0.125 e. The van der Waals surface area contributed by atoms with Gasteiger partial charge in [0.05, 0.1) is 11.2 Å². The quantitative estimate of drug-likeness (QED) is 0.514. The van der Waals surface area contributed by atoms with Gasteiger partial charge in [-0.05, 0) is 23.3 Å². The minimum atomic E-state index is -0.290. The highest BCUT2D eigenvalue weighted by Gasteiger charge is 2.07. The molecule has 3 heteroatoms. The Morgan fingerprint density at radius 1 is 0.652 bits per heavy atom. The maximum Gasteiger partial charge on any atom is 0.125 e. The summed E-state index contributed by atoms with van der Waals surface area (Å²) in [5.41, 5.74) is 4.74. The SMILES string of the molecule is Fc1ccc2c(-c3ccc(-c4ccccc4)cc3)ncnc2c1. The van der Waals surface area contributed by atoms with Crippen LogP contribution in [0.4, 0.5) is 4.39 Å². The number of aromatic nitrogens is 2. The van der Waals surface area contributed by atoms with Gasteiger partial charge in [0.1, 0.15) is 12.1 Å². The summed E-state index contributed by atoms with van der Waals surface area (Å²) in [6.45, 7) is 0. The van der Waals surface area contributed by atoms with E-state index in [2.05, 4.69) is 34.2 Å². The molecule has 0 aliphatic heterocycles. The molecule has 0 aliphatic rings. The van der Waals surface area contributed by atoms with Gasteiger partial charge < -0.3 is 0 Å². The van der Waals surface area contributed by atoms with Crippen LogP contribution in [0.25, 0.3) is 33.3 Å². The molecule has 0 amide bonds. The van der Waals surface area contributed by atoms with Crippen LogP contribution in [0.5, 0.6) is 0 Å². The van der Waals surface area contributed by atoms with E-state index in [9.17, 15) is 4.39 Å². The van der Waals surface area contributed by atoms with Crippen LogP contribution in [0, 0.1) is 5.82 Å². The van der Waals surface area contributed by atoms with Crippen LogP contribution in [-0.2, 0) is 0 Å². The molecule has 0 bridgehead atoms. The molecule has 110 valence electrons. The largest absolute Gasteiger partial charge is 0.236 e. The fraction of sp³-hybridized carbons (Fsp3) is 0. The minimum absolute atomic E-state index is 0.290. The molecule has 0 unspecified atom stereocenters. The number of benzene rings is 3. The van der Waals surface area contributed by atoms with Gasteiger partial charge in [-0.25, -0.2) is 14.4 Å². The third kappa shape index (κ3) is 2.57. The predicted molar refractivity (Wildman–Crippen MR) is 90.4 cm³/mol. The molecule has 3 aromatic carbocycles. The Hall–Kier alpha value is -3.07. The highest BCUT2D eigenvalue weighted by Crippen LogP contribution is 2.28. The van der Waals surface area contributed by atoms with E-state index < -0.39 is 0 Å². The van der Waals surface area contributed by atoms with Gasteiger partial charge in [0.15, 0.2) is 0 Å². The Balaban J connectivity index is 1.80. The monoisotopic (exact) mass is 300 g/mol. The van der Waals surface area contributed by atoms with Gasteiger partial charge in [-0.15, -0.1) is 0 Å². The first-order valence-electron chi connectivity index (χ1n) is 7.37. The van der Waals surface area contributed by atoms with Crippen LogP contribution in [0.1, 0.15) is 0 Å². The van der Waals surface area contributed by atoms with Crippen molar-refractivity contribution in [3.8, 4) is 22.4 Å². The molecule has 0 aliphatic carbocycles. The van der Waals surface area contributed by atoms with E-state index in [1.54, 1.807) is 6.07 Å². The number of nitrogens with zero attached hydrogens (tertiary/aromatic N) is 2. The summed E-state index contributed by atoms with van der Waals surface area (Å²) in [6, 6.07) is 23.0. The topological polar surface area (TPSA) is 25.8 Å². The van der Waals surface area contributed by atoms with Crippen LogP contribution in [0.15, 0.2) is 79.1 Å². The fourth-order valence-corrected chi connectivity index (χ4v) is 2.71. The van der Waals surface area contributed by atoms with Crippen LogP contribution < -0.4 is 0 Å². The molecule has 0 saturated carbocycles. The second-order valence-corrected chi connectivity index (χ2v) is 5.33. The first kappa shape index (κ1) is 13.6. The molecule has 4 rings (SSSR count). The van der Waals surface area contributed by atoms with Crippen LogP contribution >= 0.6 is 0 Å². The Kier molecular flexibility index (Phi) is 3.31. The molecule has 1 heterocycles. The molecular weight excluding hydrogens is 287 g/mol. The number of hydrogen-bond donors (Lipinski definition) is 0. The zero-order valence-corrected chi connectivity index (χ0v) is 12.3. The number of halogens is 1. The lowest BCUT2D eigenvalue weighted by Gasteiger charge is -2.07. The number of hydrogen-bond acceptors (Lipinski definition) is 2. The third-order valence-corrected chi connectivity index (χ3v) is 3.86. The lowest BCUT2D eigenvalue weighted by molar-refractivity contribution is 0.629.